The van der Waals surface area contributed by atoms with Crippen molar-refractivity contribution in [3.8, 4) is 0 Å². The van der Waals surface area contributed by atoms with Crippen molar-refractivity contribution in [1.82, 2.24) is 9.97 Å². The lowest BCUT2D eigenvalue weighted by Crippen LogP contribution is -2.12. The fourth-order valence-electron chi connectivity index (χ4n) is 1.54. The van der Waals surface area contributed by atoms with Gasteiger partial charge in [0, 0.05) is 18.4 Å². The predicted octanol–water partition coefficient (Wildman–Crippen LogP) is 2.16. The van der Waals surface area contributed by atoms with Crippen molar-refractivity contribution in [3.63, 3.8) is 0 Å². The maximum absolute atomic E-state index is 5.90. The van der Waals surface area contributed by atoms with E-state index in [-0.39, 0.29) is 6.10 Å². The summed E-state index contributed by atoms with van der Waals surface area (Å²) in [7, 11) is 1.68. The molecule has 0 aliphatic carbocycles. The van der Waals surface area contributed by atoms with Crippen LogP contribution in [0.15, 0.2) is 6.07 Å². The molecule has 2 N–H and O–H groups in total. The van der Waals surface area contributed by atoms with Crippen LogP contribution in [0.3, 0.4) is 0 Å². The highest BCUT2D eigenvalue weighted by Crippen LogP contribution is 2.26. The minimum absolute atomic E-state index is 0.109. The van der Waals surface area contributed by atoms with Crippen molar-refractivity contribution in [2.45, 2.75) is 26.4 Å². The van der Waals surface area contributed by atoms with Gasteiger partial charge in [0.1, 0.15) is 16.5 Å². The van der Waals surface area contributed by atoms with E-state index in [9.17, 15) is 0 Å². The highest BCUT2D eigenvalue weighted by Gasteiger charge is 2.10. The van der Waals surface area contributed by atoms with Gasteiger partial charge in [-0.3, -0.25) is 0 Å². The van der Waals surface area contributed by atoms with Gasteiger partial charge in [0.25, 0.3) is 0 Å². The second-order valence-electron chi connectivity index (χ2n) is 3.85. The van der Waals surface area contributed by atoms with Crippen molar-refractivity contribution in [1.29, 1.82) is 0 Å². The number of anilines is 1. The monoisotopic (exact) mass is 237 g/mol. The summed E-state index contributed by atoms with van der Waals surface area (Å²) in [5, 5.41) is 0.955. The van der Waals surface area contributed by atoms with Gasteiger partial charge >= 0.3 is 0 Å². The topological polar surface area (TPSA) is 61.0 Å². The van der Waals surface area contributed by atoms with E-state index in [0.29, 0.717) is 12.2 Å². The van der Waals surface area contributed by atoms with Gasteiger partial charge in [-0.15, -0.1) is 11.3 Å². The van der Waals surface area contributed by atoms with Crippen LogP contribution in [-0.4, -0.2) is 23.2 Å². The highest BCUT2D eigenvalue weighted by molar-refractivity contribution is 7.18. The molecule has 0 bridgehead atoms. The zero-order chi connectivity index (χ0) is 11.7. The third-order valence-electron chi connectivity index (χ3n) is 2.46. The van der Waals surface area contributed by atoms with Gasteiger partial charge in [0.05, 0.1) is 11.5 Å². The van der Waals surface area contributed by atoms with Gasteiger partial charge in [-0.1, -0.05) is 0 Å². The summed E-state index contributed by atoms with van der Waals surface area (Å²) in [4.78, 5) is 11.0. The number of hydrogen-bond acceptors (Lipinski definition) is 5. The molecule has 2 aromatic heterocycles. The minimum atomic E-state index is 0.109. The Balaban J connectivity index is 2.41. The minimum Gasteiger partial charge on any atom is -0.383 e. The van der Waals surface area contributed by atoms with Gasteiger partial charge < -0.3 is 10.5 Å². The zero-order valence-corrected chi connectivity index (χ0v) is 10.5. The molecule has 0 amide bonds. The first-order valence-electron chi connectivity index (χ1n) is 5.15. The Morgan fingerprint density at radius 2 is 2.25 bits per heavy atom. The number of hydrogen-bond donors (Lipinski definition) is 1. The number of methoxy groups -OCH3 is 1. The van der Waals surface area contributed by atoms with Crippen molar-refractivity contribution < 1.29 is 4.74 Å². The summed E-state index contributed by atoms with van der Waals surface area (Å²) >= 11 is 1.64. The molecule has 2 heterocycles. The molecule has 0 aromatic carbocycles. The molecule has 0 aliphatic rings. The molecular formula is C11H15N3OS. The molecule has 2 rings (SSSR count). The van der Waals surface area contributed by atoms with Crippen LogP contribution in [0.4, 0.5) is 5.82 Å². The van der Waals surface area contributed by atoms with E-state index in [2.05, 4.69) is 9.97 Å². The van der Waals surface area contributed by atoms with Crippen molar-refractivity contribution in [2.24, 2.45) is 0 Å². The van der Waals surface area contributed by atoms with E-state index in [0.717, 1.165) is 16.0 Å². The number of rotatable bonds is 3. The Morgan fingerprint density at radius 1 is 1.50 bits per heavy atom. The lowest BCUT2D eigenvalue weighted by Gasteiger charge is -2.08. The summed E-state index contributed by atoms with van der Waals surface area (Å²) in [5.41, 5.74) is 5.90. The first-order chi connectivity index (χ1) is 7.60. The van der Waals surface area contributed by atoms with Crippen LogP contribution in [0.5, 0.6) is 0 Å². The van der Waals surface area contributed by atoms with E-state index in [1.54, 1.807) is 18.4 Å². The Hall–Kier alpha value is -1.20. The molecule has 0 aliphatic heterocycles. The van der Waals surface area contributed by atoms with Crippen molar-refractivity contribution >= 4 is 27.4 Å². The van der Waals surface area contributed by atoms with E-state index in [1.165, 1.54) is 4.88 Å². The zero-order valence-electron chi connectivity index (χ0n) is 9.65. The molecule has 0 saturated heterocycles. The maximum atomic E-state index is 5.90. The van der Waals surface area contributed by atoms with Crippen LogP contribution >= 0.6 is 11.3 Å². The largest absolute Gasteiger partial charge is 0.383 e. The van der Waals surface area contributed by atoms with Gasteiger partial charge in [-0.2, -0.15) is 0 Å². The van der Waals surface area contributed by atoms with Crippen LogP contribution in [0.25, 0.3) is 10.2 Å². The first-order valence-corrected chi connectivity index (χ1v) is 5.97. The lowest BCUT2D eigenvalue weighted by atomic mass is 10.2. The molecule has 5 heteroatoms. The molecule has 4 nitrogen and oxygen atoms in total. The van der Waals surface area contributed by atoms with E-state index in [1.807, 2.05) is 19.9 Å². The molecule has 16 heavy (non-hydrogen) atoms. The van der Waals surface area contributed by atoms with Crippen LogP contribution in [0.2, 0.25) is 0 Å². The van der Waals surface area contributed by atoms with Crippen LogP contribution in [0, 0.1) is 6.92 Å². The average Bonchev–Trinajstić information content (AvgIpc) is 2.59. The number of thiophene rings is 1. The molecule has 86 valence electrons. The van der Waals surface area contributed by atoms with Crippen LogP contribution in [0.1, 0.15) is 17.6 Å². The Kier molecular flexibility index (Phi) is 3.07. The highest BCUT2D eigenvalue weighted by atomic mass is 32.1. The molecule has 0 spiro atoms. The van der Waals surface area contributed by atoms with E-state index >= 15 is 0 Å². The number of aromatic nitrogens is 2. The summed E-state index contributed by atoms with van der Waals surface area (Å²) in [6.45, 7) is 4.03. The van der Waals surface area contributed by atoms with E-state index in [4.69, 9.17) is 10.5 Å². The Bertz CT molecular complexity index is 509. The SMILES string of the molecule is COC(C)Cc1nc(N)c2cc(C)sc2n1. The molecule has 2 aromatic rings. The third kappa shape index (κ3) is 2.15. The van der Waals surface area contributed by atoms with Gasteiger partial charge in [0.15, 0.2) is 0 Å². The first kappa shape index (κ1) is 11.3. The normalized spacial score (nSPS) is 13.2. The quantitative estimate of drug-likeness (QED) is 0.888. The standard InChI is InChI=1S/C11H15N3OS/c1-6(15-3)4-9-13-10(12)8-5-7(2)16-11(8)14-9/h5-6H,4H2,1-3H3,(H2,12,13,14). The van der Waals surface area contributed by atoms with Gasteiger partial charge in [0.2, 0.25) is 0 Å². The molecule has 0 saturated carbocycles. The average molecular weight is 237 g/mol. The van der Waals surface area contributed by atoms with Gasteiger partial charge in [-0.05, 0) is 19.9 Å². The number of ether oxygens (including phenoxy) is 1. The number of nitrogen functional groups attached to an aromatic ring is 1. The van der Waals surface area contributed by atoms with E-state index < -0.39 is 0 Å². The molecular weight excluding hydrogens is 222 g/mol. The number of nitrogens with zero attached hydrogens (tertiary/aromatic N) is 2. The smallest absolute Gasteiger partial charge is 0.135 e. The van der Waals surface area contributed by atoms with Crippen LogP contribution in [-0.2, 0) is 11.2 Å². The fourth-order valence-corrected chi connectivity index (χ4v) is 2.45. The summed E-state index contributed by atoms with van der Waals surface area (Å²) in [6.07, 6.45) is 0.797. The maximum Gasteiger partial charge on any atom is 0.135 e. The second-order valence-corrected chi connectivity index (χ2v) is 5.09. The second kappa shape index (κ2) is 4.35. The summed E-state index contributed by atoms with van der Waals surface area (Å²) in [5.74, 6) is 1.31. The molecule has 1 unspecified atom stereocenters. The van der Waals surface area contributed by atoms with Crippen molar-refractivity contribution in [2.75, 3.05) is 12.8 Å². The van der Waals surface area contributed by atoms with Crippen molar-refractivity contribution in [3.05, 3.63) is 16.8 Å². The molecule has 1 atom stereocenters. The Morgan fingerprint density at radius 3 is 2.94 bits per heavy atom. The molecule has 0 fully saturated rings. The lowest BCUT2D eigenvalue weighted by molar-refractivity contribution is 0.117. The number of aryl methyl sites for hydroxylation is 1. The predicted molar refractivity (Wildman–Crippen MR) is 66.7 cm³/mol. The number of fused-ring (bicyclic) bond motifs is 1. The van der Waals surface area contributed by atoms with Crippen LogP contribution < -0.4 is 5.73 Å². The van der Waals surface area contributed by atoms with Gasteiger partial charge in [-0.25, -0.2) is 9.97 Å². The fraction of sp³-hybridized carbons (Fsp3) is 0.455. The third-order valence-corrected chi connectivity index (χ3v) is 3.41. The summed E-state index contributed by atoms with van der Waals surface area (Å²) < 4.78 is 5.19. The number of nitrogens with two attached hydrogens (primary N) is 1. The molecule has 0 radical (unpaired) electrons. The Labute approximate surface area is 98.5 Å². The summed E-state index contributed by atoms with van der Waals surface area (Å²) in [6, 6.07) is 2.03.